The lowest BCUT2D eigenvalue weighted by atomic mass is 10.1. The van der Waals surface area contributed by atoms with Crippen LogP contribution in [0.3, 0.4) is 0 Å². The standard InChI is InChI=1S/C15H20N4O4/c1-2-16-15(23)19-8-6-10-3-4-11(9-12(10)19)18-14(22)17-7-5-13(20)21/h3-4,9H,2,5-8H2,1H3,(H,16,23)(H,20,21)(H2,17,18,22). The average molecular weight is 320 g/mol. The Morgan fingerprint density at radius 1 is 1.26 bits per heavy atom. The van der Waals surface area contributed by atoms with Gasteiger partial charge in [0.15, 0.2) is 0 Å². The zero-order chi connectivity index (χ0) is 16.8. The fourth-order valence-corrected chi connectivity index (χ4v) is 2.37. The second-order valence-corrected chi connectivity index (χ2v) is 5.11. The molecular formula is C15H20N4O4. The Morgan fingerprint density at radius 2 is 2.04 bits per heavy atom. The lowest BCUT2D eigenvalue weighted by molar-refractivity contribution is -0.136. The van der Waals surface area contributed by atoms with E-state index in [0.29, 0.717) is 18.8 Å². The highest BCUT2D eigenvalue weighted by atomic mass is 16.4. The van der Waals surface area contributed by atoms with Gasteiger partial charge in [0.25, 0.3) is 0 Å². The number of rotatable bonds is 5. The Labute approximate surface area is 133 Å². The zero-order valence-electron chi connectivity index (χ0n) is 12.9. The Kier molecular flexibility index (Phi) is 5.40. The smallest absolute Gasteiger partial charge is 0.321 e. The Morgan fingerprint density at radius 3 is 2.74 bits per heavy atom. The molecule has 0 radical (unpaired) electrons. The van der Waals surface area contributed by atoms with Crippen molar-refractivity contribution >= 4 is 29.4 Å². The van der Waals surface area contributed by atoms with Crippen LogP contribution in [-0.2, 0) is 11.2 Å². The largest absolute Gasteiger partial charge is 0.481 e. The molecule has 8 heteroatoms. The van der Waals surface area contributed by atoms with Crippen molar-refractivity contribution in [1.82, 2.24) is 10.6 Å². The monoisotopic (exact) mass is 320 g/mol. The predicted molar refractivity (Wildman–Crippen MR) is 85.8 cm³/mol. The molecule has 0 aliphatic carbocycles. The van der Waals surface area contributed by atoms with E-state index in [0.717, 1.165) is 17.7 Å². The number of carboxylic acid groups (broad SMARTS) is 1. The maximum Gasteiger partial charge on any atom is 0.321 e. The predicted octanol–water partition coefficient (Wildman–Crippen LogP) is 1.37. The number of nitrogens with zero attached hydrogens (tertiary/aromatic N) is 1. The molecule has 4 amide bonds. The quantitative estimate of drug-likeness (QED) is 0.656. The van der Waals surface area contributed by atoms with Gasteiger partial charge in [-0.1, -0.05) is 6.07 Å². The Hall–Kier alpha value is -2.77. The molecule has 1 heterocycles. The molecule has 0 unspecified atom stereocenters. The first-order chi connectivity index (χ1) is 11.0. The molecule has 124 valence electrons. The van der Waals surface area contributed by atoms with Crippen LogP contribution in [0.2, 0.25) is 0 Å². The number of aliphatic carboxylic acids is 1. The van der Waals surface area contributed by atoms with Gasteiger partial charge in [-0.25, -0.2) is 9.59 Å². The van der Waals surface area contributed by atoms with E-state index >= 15 is 0 Å². The highest BCUT2D eigenvalue weighted by Gasteiger charge is 2.24. The van der Waals surface area contributed by atoms with Crippen molar-refractivity contribution < 1.29 is 19.5 Å². The van der Waals surface area contributed by atoms with Crippen molar-refractivity contribution in [3.8, 4) is 0 Å². The van der Waals surface area contributed by atoms with E-state index in [2.05, 4.69) is 16.0 Å². The molecule has 0 spiro atoms. The van der Waals surface area contributed by atoms with Gasteiger partial charge in [0.2, 0.25) is 0 Å². The number of benzene rings is 1. The molecule has 1 aromatic rings. The van der Waals surface area contributed by atoms with Crippen LogP contribution in [0.25, 0.3) is 0 Å². The fraction of sp³-hybridized carbons (Fsp3) is 0.400. The summed E-state index contributed by atoms with van der Waals surface area (Å²) >= 11 is 0. The Balaban J connectivity index is 2.00. The second kappa shape index (κ2) is 7.48. The van der Waals surface area contributed by atoms with E-state index in [1.54, 1.807) is 17.0 Å². The molecule has 4 N–H and O–H groups in total. The summed E-state index contributed by atoms with van der Waals surface area (Å²) in [6, 6.07) is 4.75. The van der Waals surface area contributed by atoms with Crippen molar-refractivity contribution in [3.05, 3.63) is 23.8 Å². The van der Waals surface area contributed by atoms with Crippen molar-refractivity contribution in [2.75, 3.05) is 29.9 Å². The average Bonchev–Trinajstić information content (AvgIpc) is 2.90. The van der Waals surface area contributed by atoms with E-state index in [1.807, 2.05) is 13.0 Å². The number of hydrogen-bond donors (Lipinski definition) is 4. The van der Waals surface area contributed by atoms with Crippen molar-refractivity contribution in [3.63, 3.8) is 0 Å². The number of anilines is 2. The summed E-state index contributed by atoms with van der Waals surface area (Å²) < 4.78 is 0. The van der Waals surface area contributed by atoms with Gasteiger partial charge in [-0.15, -0.1) is 0 Å². The van der Waals surface area contributed by atoms with Gasteiger partial charge in [0.1, 0.15) is 0 Å². The minimum Gasteiger partial charge on any atom is -0.481 e. The molecule has 1 aliphatic rings. The number of carbonyl (C=O) groups excluding carboxylic acids is 2. The highest BCUT2D eigenvalue weighted by Crippen LogP contribution is 2.30. The fourth-order valence-electron chi connectivity index (χ4n) is 2.37. The lowest BCUT2D eigenvalue weighted by Gasteiger charge is -2.18. The summed E-state index contributed by atoms with van der Waals surface area (Å²) in [6.45, 7) is 3.06. The maximum absolute atomic E-state index is 12.0. The molecule has 0 saturated carbocycles. The minimum atomic E-state index is -0.972. The van der Waals surface area contributed by atoms with E-state index in [4.69, 9.17) is 5.11 Å². The van der Waals surface area contributed by atoms with E-state index in [-0.39, 0.29) is 19.0 Å². The Bertz CT molecular complexity index is 617. The van der Waals surface area contributed by atoms with Crippen molar-refractivity contribution in [1.29, 1.82) is 0 Å². The van der Waals surface area contributed by atoms with Gasteiger partial charge in [-0.2, -0.15) is 0 Å². The van der Waals surface area contributed by atoms with Crippen molar-refractivity contribution in [2.45, 2.75) is 19.8 Å². The van der Waals surface area contributed by atoms with Crippen LogP contribution in [-0.4, -0.2) is 42.8 Å². The third-order valence-corrected chi connectivity index (χ3v) is 3.44. The third-order valence-electron chi connectivity index (χ3n) is 3.44. The number of amides is 4. The van der Waals surface area contributed by atoms with Crippen LogP contribution < -0.4 is 20.9 Å². The molecule has 1 aliphatic heterocycles. The van der Waals surface area contributed by atoms with Gasteiger partial charge >= 0.3 is 18.0 Å². The number of hydrogen-bond acceptors (Lipinski definition) is 3. The number of carbonyl (C=O) groups is 3. The number of nitrogens with one attached hydrogen (secondary N) is 3. The SMILES string of the molecule is CCNC(=O)N1CCc2ccc(NC(=O)NCCC(=O)O)cc21. The van der Waals surface area contributed by atoms with Crippen LogP contribution in [0.15, 0.2) is 18.2 Å². The number of carboxylic acids is 1. The topological polar surface area (TPSA) is 111 Å². The van der Waals surface area contributed by atoms with Crippen LogP contribution in [0, 0.1) is 0 Å². The highest BCUT2D eigenvalue weighted by molar-refractivity contribution is 5.96. The summed E-state index contributed by atoms with van der Waals surface area (Å²) in [5, 5.41) is 16.4. The van der Waals surface area contributed by atoms with Gasteiger partial charge < -0.3 is 21.1 Å². The first kappa shape index (κ1) is 16.6. The second-order valence-electron chi connectivity index (χ2n) is 5.11. The van der Waals surface area contributed by atoms with Crippen LogP contribution in [0.4, 0.5) is 21.0 Å². The third kappa shape index (κ3) is 4.35. The summed E-state index contributed by atoms with van der Waals surface area (Å²) in [5.41, 5.74) is 2.38. The van der Waals surface area contributed by atoms with Gasteiger partial charge in [-0.3, -0.25) is 9.69 Å². The molecule has 23 heavy (non-hydrogen) atoms. The molecule has 0 fully saturated rings. The summed E-state index contributed by atoms with van der Waals surface area (Å²) in [6.07, 6.45) is 0.639. The number of urea groups is 2. The lowest BCUT2D eigenvalue weighted by Crippen LogP contribution is -2.38. The molecule has 0 aromatic heterocycles. The van der Waals surface area contributed by atoms with Crippen LogP contribution >= 0.6 is 0 Å². The number of fused-ring (bicyclic) bond motifs is 1. The first-order valence-corrected chi connectivity index (χ1v) is 7.46. The minimum absolute atomic E-state index is 0.0527. The van der Waals surface area contributed by atoms with E-state index in [9.17, 15) is 14.4 Å². The maximum atomic E-state index is 12.0. The van der Waals surface area contributed by atoms with Crippen LogP contribution in [0.1, 0.15) is 18.9 Å². The first-order valence-electron chi connectivity index (χ1n) is 7.46. The zero-order valence-corrected chi connectivity index (χ0v) is 12.9. The molecule has 0 bridgehead atoms. The van der Waals surface area contributed by atoms with Gasteiger partial charge in [0.05, 0.1) is 12.1 Å². The molecule has 1 aromatic carbocycles. The summed E-state index contributed by atoms with van der Waals surface area (Å²) in [4.78, 5) is 35.8. The molecule has 2 rings (SSSR count). The normalized spacial score (nSPS) is 12.5. The molecular weight excluding hydrogens is 300 g/mol. The van der Waals surface area contributed by atoms with Gasteiger partial charge in [0, 0.05) is 25.3 Å². The molecule has 0 atom stereocenters. The molecule has 8 nitrogen and oxygen atoms in total. The van der Waals surface area contributed by atoms with Crippen LogP contribution in [0.5, 0.6) is 0 Å². The van der Waals surface area contributed by atoms with Gasteiger partial charge in [-0.05, 0) is 31.0 Å². The molecule has 0 saturated heterocycles. The summed E-state index contributed by atoms with van der Waals surface area (Å²) in [7, 11) is 0. The van der Waals surface area contributed by atoms with Crippen molar-refractivity contribution in [2.24, 2.45) is 0 Å². The summed E-state index contributed by atoms with van der Waals surface area (Å²) in [5.74, 6) is -0.972. The van der Waals surface area contributed by atoms with E-state index < -0.39 is 12.0 Å². The van der Waals surface area contributed by atoms with E-state index in [1.165, 1.54) is 0 Å².